The molecule has 21 heavy (non-hydrogen) atoms. The van der Waals surface area contributed by atoms with Crippen molar-refractivity contribution < 1.29 is 8.78 Å². The average molecular weight is 289 g/mol. The first-order valence-electron chi connectivity index (χ1n) is 6.85. The van der Waals surface area contributed by atoms with Crippen LogP contribution in [0.1, 0.15) is 13.8 Å². The Morgan fingerprint density at radius 2 is 1.57 bits per heavy atom. The van der Waals surface area contributed by atoms with Crippen LogP contribution < -0.4 is 4.90 Å². The summed E-state index contributed by atoms with van der Waals surface area (Å²) in [4.78, 5) is 2.21. The number of anilines is 1. The van der Waals surface area contributed by atoms with Crippen LogP contribution in [0.3, 0.4) is 0 Å². The quantitative estimate of drug-likeness (QED) is 0.693. The highest BCUT2D eigenvalue weighted by Gasteiger charge is 2.03. The molecule has 0 aliphatic heterocycles. The van der Waals surface area contributed by atoms with E-state index in [1.807, 2.05) is 24.3 Å². The van der Waals surface area contributed by atoms with E-state index in [0.29, 0.717) is 5.69 Å². The van der Waals surface area contributed by atoms with Crippen LogP contribution in [0.15, 0.2) is 52.7 Å². The number of hydrogen-bond acceptors (Lipinski definition) is 3. The summed E-state index contributed by atoms with van der Waals surface area (Å²) in [5, 5.41) is 7.76. The van der Waals surface area contributed by atoms with Crippen molar-refractivity contribution in [2.75, 3.05) is 18.0 Å². The third-order valence-electron chi connectivity index (χ3n) is 3.16. The van der Waals surface area contributed by atoms with Gasteiger partial charge in [0.15, 0.2) is 5.82 Å². The van der Waals surface area contributed by atoms with Gasteiger partial charge in [0.1, 0.15) is 11.5 Å². The minimum absolute atomic E-state index is 0.0178. The van der Waals surface area contributed by atoms with E-state index in [1.54, 1.807) is 0 Å². The summed E-state index contributed by atoms with van der Waals surface area (Å²) in [7, 11) is 0. The van der Waals surface area contributed by atoms with Gasteiger partial charge in [-0.1, -0.05) is 0 Å². The molecule has 2 aromatic rings. The normalized spacial score (nSPS) is 11.0. The standard InChI is InChI=1S/C16H17F2N3/c1-3-21(4-2)14-8-6-13(7-9-14)19-20-16-10-5-12(17)11-15(16)18/h5-11H,3-4H2,1-2H3. The number of azo groups is 1. The van der Waals surface area contributed by atoms with Crippen LogP contribution in [0.25, 0.3) is 0 Å². The van der Waals surface area contributed by atoms with Gasteiger partial charge in [-0.15, -0.1) is 5.11 Å². The average Bonchev–Trinajstić information content (AvgIpc) is 2.49. The van der Waals surface area contributed by atoms with Crippen molar-refractivity contribution in [1.29, 1.82) is 0 Å². The van der Waals surface area contributed by atoms with Gasteiger partial charge in [0.25, 0.3) is 0 Å². The molecule has 3 nitrogen and oxygen atoms in total. The molecular formula is C16H17F2N3. The van der Waals surface area contributed by atoms with Gasteiger partial charge in [-0.25, -0.2) is 8.78 Å². The molecule has 2 rings (SSSR count). The van der Waals surface area contributed by atoms with Crippen molar-refractivity contribution in [3.05, 3.63) is 54.1 Å². The molecule has 0 bridgehead atoms. The van der Waals surface area contributed by atoms with Crippen LogP contribution in [-0.2, 0) is 0 Å². The molecule has 0 radical (unpaired) electrons. The summed E-state index contributed by atoms with van der Waals surface area (Å²) in [6.07, 6.45) is 0. The summed E-state index contributed by atoms with van der Waals surface area (Å²) in [5.74, 6) is -1.35. The monoisotopic (exact) mass is 289 g/mol. The zero-order valence-electron chi connectivity index (χ0n) is 12.1. The summed E-state index contributed by atoms with van der Waals surface area (Å²) >= 11 is 0. The van der Waals surface area contributed by atoms with Crippen molar-refractivity contribution in [1.82, 2.24) is 0 Å². The molecule has 110 valence electrons. The second-order valence-corrected chi connectivity index (χ2v) is 4.48. The van der Waals surface area contributed by atoms with Crippen LogP contribution in [0, 0.1) is 11.6 Å². The maximum Gasteiger partial charge on any atom is 0.153 e. The molecule has 0 spiro atoms. The second kappa shape index (κ2) is 6.92. The second-order valence-electron chi connectivity index (χ2n) is 4.48. The van der Waals surface area contributed by atoms with Crippen LogP contribution in [0.5, 0.6) is 0 Å². The zero-order valence-corrected chi connectivity index (χ0v) is 12.1. The summed E-state index contributed by atoms with van der Waals surface area (Å²) < 4.78 is 26.2. The molecule has 0 fully saturated rings. The van der Waals surface area contributed by atoms with E-state index in [0.717, 1.165) is 30.9 Å². The molecule has 0 saturated heterocycles. The Morgan fingerprint density at radius 3 is 2.14 bits per heavy atom. The fourth-order valence-corrected chi connectivity index (χ4v) is 1.99. The van der Waals surface area contributed by atoms with Gasteiger partial charge >= 0.3 is 0 Å². The van der Waals surface area contributed by atoms with E-state index in [9.17, 15) is 8.78 Å². The van der Waals surface area contributed by atoms with Crippen molar-refractivity contribution >= 4 is 17.1 Å². The highest BCUT2D eigenvalue weighted by atomic mass is 19.1. The van der Waals surface area contributed by atoms with E-state index in [4.69, 9.17) is 0 Å². The molecule has 0 aromatic heterocycles. The zero-order chi connectivity index (χ0) is 15.2. The Kier molecular flexibility index (Phi) is 4.98. The van der Waals surface area contributed by atoms with E-state index in [-0.39, 0.29) is 5.69 Å². The molecule has 0 aliphatic rings. The highest BCUT2D eigenvalue weighted by Crippen LogP contribution is 2.24. The Balaban J connectivity index is 2.14. The Hall–Kier alpha value is -2.30. The minimum Gasteiger partial charge on any atom is -0.372 e. The van der Waals surface area contributed by atoms with Gasteiger partial charge in [0.05, 0.1) is 5.69 Å². The molecular weight excluding hydrogens is 272 g/mol. The van der Waals surface area contributed by atoms with Crippen LogP contribution in [0.4, 0.5) is 25.8 Å². The van der Waals surface area contributed by atoms with E-state index < -0.39 is 11.6 Å². The van der Waals surface area contributed by atoms with Crippen molar-refractivity contribution in [2.45, 2.75) is 13.8 Å². The molecule has 2 aromatic carbocycles. The largest absolute Gasteiger partial charge is 0.372 e. The highest BCUT2D eigenvalue weighted by molar-refractivity contribution is 5.52. The van der Waals surface area contributed by atoms with Gasteiger partial charge in [-0.2, -0.15) is 5.11 Å². The van der Waals surface area contributed by atoms with Gasteiger partial charge in [-0.3, -0.25) is 0 Å². The fourth-order valence-electron chi connectivity index (χ4n) is 1.99. The van der Waals surface area contributed by atoms with Crippen LogP contribution in [-0.4, -0.2) is 13.1 Å². The summed E-state index contributed by atoms with van der Waals surface area (Å²) in [5.41, 5.74) is 1.74. The predicted molar refractivity (Wildman–Crippen MR) is 80.5 cm³/mol. The third kappa shape index (κ3) is 3.84. The molecule has 0 atom stereocenters. The SMILES string of the molecule is CCN(CC)c1ccc(N=Nc2ccc(F)cc2F)cc1. The van der Waals surface area contributed by atoms with Gasteiger partial charge < -0.3 is 4.90 Å². The van der Waals surface area contributed by atoms with Crippen molar-refractivity contribution in [2.24, 2.45) is 10.2 Å². The summed E-state index contributed by atoms with van der Waals surface area (Å²) in [6, 6.07) is 10.7. The first-order valence-corrected chi connectivity index (χ1v) is 6.85. The molecule has 0 N–H and O–H groups in total. The van der Waals surface area contributed by atoms with E-state index in [2.05, 4.69) is 29.0 Å². The van der Waals surface area contributed by atoms with E-state index >= 15 is 0 Å². The number of rotatable bonds is 5. The van der Waals surface area contributed by atoms with Gasteiger partial charge in [-0.05, 0) is 50.2 Å². The lowest BCUT2D eigenvalue weighted by Gasteiger charge is -2.20. The third-order valence-corrected chi connectivity index (χ3v) is 3.16. The maximum absolute atomic E-state index is 13.4. The first-order chi connectivity index (χ1) is 10.1. The lowest BCUT2D eigenvalue weighted by Crippen LogP contribution is -2.21. The lowest BCUT2D eigenvalue weighted by atomic mass is 10.2. The predicted octanol–water partition coefficient (Wildman–Crippen LogP) is 5.23. The number of hydrogen-bond donors (Lipinski definition) is 0. The molecule has 0 unspecified atom stereocenters. The molecule has 0 heterocycles. The molecule has 5 heteroatoms. The number of nitrogens with zero attached hydrogens (tertiary/aromatic N) is 3. The Labute approximate surface area is 122 Å². The van der Waals surface area contributed by atoms with Crippen molar-refractivity contribution in [3.8, 4) is 0 Å². The smallest absolute Gasteiger partial charge is 0.153 e. The minimum atomic E-state index is -0.724. The fraction of sp³-hybridized carbons (Fsp3) is 0.250. The Bertz CT molecular complexity index is 620. The lowest BCUT2D eigenvalue weighted by molar-refractivity contribution is 0.584. The molecule has 0 amide bonds. The topological polar surface area (TPSA) is 28.0 Å². The maximum atomic E-state index is 13.4. The van der Waals surface area contributed by atoms with Crippen molar-refractivity contribution in [3.63, 3.8) is 0 Å². The van der Waals surface area contributed by atoms with Gasteiger partial charge in [0, 0.05) is 24.8 Å². The molecule has 0 aliphatic carbocycles. The van der Waals surface area contributed by atoms with Crippen LogP contribution in [0.2, 0.25) is 0 Å². The number of halogens is 2. The first kappa shape index (κ1) is 15.1. The van der Waals surface area contributed by atoms with E-state index in [1.165, 1.54) is 6.07 Å². The van der Waals surface area contributed by atoms with Gasteiger partial charge in [0.2, 0.25) is 0 Å². The summed E-state index contributed by atoms with van der Waals surface area (Å²) in [6.45, 7) is 6.04. The molecule has 0 saturated carbocycles. The Morgan fingerprint density at radius 1 is 0.905 bits per heavy atom. The van der Waals surface area contributed by atoms with Crippen LogP contribution >= 0.6 is 0 Å². The number of benzene rings is 2.